The number of fused-ring (bicyclic) bond motifs is 1. The van der Waals surface area contributed by atoms with Crippen LogP contribution in [0.25, 0.3) is 16.7 Å². The van der Waals surface area contributed by atoms with E-state index in [0.717, 1.165) is 0 Å². The van der Waals surface area contributed by atoms with E-state index < -0.39 is 4.92 Å². The highest BCUT2D eigenvalue weighted by molar-refractivity contribution is 6.32. The van der Waals surface area contributed by atoms with Crippen LogP contribution in [0.15, 0.2) is 65.5 Å². The number of methoxy groups -OCH3 is 1. The summed E-state index contributed by atoms with van der Waals surface area (Å²) in [5, 5.41) is 11.5. The number of non-ortho nitro benzene ring substituents is 1. The number of hydrogen-bond donors (Lipinski definition) is 0. The van der Waals surface area contributed by atoms with Crippen LogP contribution in [-0.2, 0) is 6.54 Å². The number of nitrogens with zero attached hydrogens (tertiary/aromatic N) is 3. The molecule has 1 heterocycles. The first-order chi connectivity index (χ1) is 15.4. The summed E-state index contributed by atoms with van der Waals surface area (Å²) in [6.45, 7) is 2.53. The number of nitro groups is 1. The van der Waals surface area contributed by atoms with Gasteiger partial charge in [-0.1, -0.05) is 23.7 Å². The quantitative estimate of drug-likeness (QED) is 0.296. The van der Waals surface area contributed by atoms with Gasteiger partial charge in [-0.15, -0.1) is 0 Å². The Hall–Kier alpha value is -3.78. The molecule has 0 saturated carbocycles. The van der Waals surface area contributed by atoms with E-state index >= 15 is 0 Å². The van der Waals surface area contributed by atoms with Gasteiger partial charge in [-0.2, -0.15) is 0 Å². The summed E-state index contributed by atoms with van der Waals surface area (Å²) in [5.74, 6) is 0.960. The van der Waals surface area contributed by atoms with Crippen molar-refractivity contribution in [3.8, 4) is 17.2 Å². The molecule has 0 bridgehead atoms. The van der Waals surface area contributed by atoms with Crippen molar-refractivity contribution in [2.24, 2.45) is 0 Å². The number of ether oxygens (including phenoxy) is 2. The minimum atomic E-state index is -0.489. The summed E-state index contributed by atoms with van der Waals surface area (Å²) in [6, 6.07) is 16.8. The highest BCUT2D eigenvalue weighted by Crippen LogP contribution is 2.29. The number of halogens is 1. The Morgan fingerprint density at radius 1 is 1.06 bits per heavy atom. The lowest BCUT2D eigenvalue weighted by atomic mass is 10.1. The molecule has 0 atom stereocenters. The van der Waals surface area contributed by atoms with Crippen LogP contribution >= 0.6 is 11.6 Å². The van der Waals surface area contributed by atoms with Gasteiger partial charge in [0.25, 0.3) is 5.69 Å². The Labute approximate surface area is 188 Å². The maximum absolute atomic E-state index is 13.6. The Morgan fingerprint density at radius 3 is 2.53 bits per heavy atom. The molecule has 0 spiro atoms. The molecule has 0 radical (unpaired) electrons. The molecule has 0 fully saturated rings. The third kappa shape index (κ3) is 3.80. The maximum Gasteiger partial charge on any atom is 0.334 e. The number of nitro benzene ring substituents is 1. The number of benzene rings is 3. The van der Waals surface area contributed by atoms with Gasteiger partial charge in [-0.05, 0) is 37.3 Å². The summed E-state index contributed by atoms with van der Waals surface area (Å²) in [4.78, 5) is 24.2. The maximum atomic E-state index is 13.6. The van der Waals surface area contributed by atoms with Crippen LogP contribution in [0.3, 0.4) is 0 Å². The van der Waals surface area contributed by atoms with Gasteiger partial charge < -0.3 is 9.47 Å². The summed E-state index contributed by atoms with van der Waals surface area (Å²) in [7, 11) is 1.44. The first-order valence-corrected chi connectivity index (χ1v) is 10.3. The van der Waals surface area contributed by atoms with Gasteiger partial charge in [0.2, 0.25) is 0 Å². The fourth-order valence-corrected chi connectivity index (χ4v) is 3.88. The third-order valence-electron chi connectivity index (χ3n) is 5.12. The predicted octanol–water partition coefficient (Wildman–Crippen LogP) is 4.81. The number of hydrogen-bond acceptors (Lipinski definition) is 5. The van der Waals surface area contributed by atoms with E-state index in [0.29, 0.717) is 45.4 Å². The number of aromatic nitrogens is 2. The lowest BCUT2D eigenvalue weighted by Gasteiger charge is -2.09. The van der Waals surface area contributed by atoms with Crippen LogP contribution in [0, 0.1) is 10.1 Å². The van der Waals surface area contributed by atoms with Crippen molar-refractivity contribution < 1.29 is 14.4 Å². The fraction of sp³-hybridized carbons (Fsp3) is 0.174. The minimum Gasteiger partial charge on any atom is -0.496 e. The van der Waals surface area contributed by atoms with E-state index in [4.69, 9.17) is 21.1 Å². The molecule has 32 heavy (non-hydrogen) atoms. The van der Waals surface area contributed by atoms with Crippen molar-refractivity contribution >= 4 is 28.3 Å². The van der Waals surface area contributed by atoms with Crippen molar-refractivity contribution in [3.63, 3.8) is 0 Å². The van der Waals surface area contributed by atoms with Gasteiger partial charge in [0.05, 0.1) is 53.0 Å². The van der Waals surface area contributed by atoms with E-state index in [2.05, 4.69) is 0 Å². The fourth-order valence-electron chi connectivity index (χ4n) is 3.66. The summed E-state index contributed by atoms with van der Waals surface area (Å²) in [6.07, 6.45) is 0. The second-order valence-electron chi connectivity index (χ2n) is 6.99. The normalized spacial score (nSPS) is 11.0. The van der Waals surface area contributed by atoms with Gasteiger partial charge in [0.15, 0.2) is 0 Å². The van der Waals surface area contributed by atoms with Crippen molar-refractivity contribution in [1.29, 1.82) is 0 Å². The van der Waals surface area contributed by atoms with E-state index in [1.54, 1.807) is 41.0 Å². The molecule has 0 saturated heterocycles. The van der Waals surface area contributed by atoms with Crippen LogP contribution in [0.2, 0.25) is 5.02 Å². The molecule has 0 aliphatic heterocycles. The van der Waals surface area contributed by atoms with Crippen LogP contribution in [0.5, 0.6) is 11.5 Å². The topological polar surface area (TPSA) is 88.5 Å². The Bertz CT molecular complexity index is 1380. The van der Waals surface area contributed by atoms with E-state index in [1.165, 1.54) is 23.8 Å². The van der Waals surface area contributed by atoms with Gasteiger partial charge >= 0.3 is 5.69 Å². The number of rotatable bonds is 7. The van der Waals surface area contributed by atoms with Gasteiger partial charge in [0, 0.05) is 17.7 Å². The summed E-state index contributed by atoms with van der Waals surface area (Å²) in [5.41, 5.74) is 2.09. The van der Waals surface area contributed by atoms with Gasteiger partial charge in [-0.25, -0.2) is 4.79 Å². The molecule has 0 amide bonds. The number of para-hydroxylation sites is 1. The Balaban J connectivity index is 1.93. The number of imidazole rings is 1. The molecule has 0 N–H and O–H groups in total. The smallest absolute Gasteiger partial charge is 0.334 e. The molecular formula is C23H20ClN3O5. The zero-order chi connectivity index (χ0) is 22.8. The van der Waals surface area contributed by atoms with Crippen LogP contribution in [-0.4, -0.2) is 27.8 Å². The Morgan fingerprint density at radius 2 is 1.84 bits per heavy atom. The molecule has 3 aromatic carbocycles. The average Bonchev–Trinajstić information content (AvgIpc) is 3.05. The van der Waals surface area contributed by atoms with E-state index in [9.17, 15) is 14.9 Å². The predicted molar refractivity (Wildman–Crippen MR) is 122 cm³/mol. The van der Waals surface area contributed by atoms with Crippen LogP contribution in [0.1, 0.15) is 12.5 Å². The molecular weight excluding hydrogens is 434 g/mol. The van der Waals surface area contributed by atoms with Crippen molar-refractivity contribution in [2.45, 2.75) is 13.5 Å². The third-order valence-corrected chi connectivity index (χ3v) is 5.43. The highest BCUT2D eigenvalue weighted by Gasteiger charge is 2.19. The summed E-state index contributed by atoms with van der Waals surface area (Å²) < 4.78 is 14.1. The molecule has 164 valence electrons. The zero-order valence-electron chi connectivity index (χ0n) is 17.4. The second kappa shape index (κ2) is 8.76. The van der Waals surface area contributed by atoms with E-state index in [-0.39, 0.29) is 17.9 Å². The molecule has 0 aliphatic carbocycles. The SMILES string of the molecule is CCOc1ccc2c(c1)n(-c1ccccc1Cl)c(=O)n2Cc1ccc([N+](=O)[O-])cc1OC. The monoisotopic (exact) mass is 453 g/mol. The average molecular weight is 454 g/mol. The largest absolute Gasteiger partial charge is 0.496 e. The van der Waals surface area contributed by atoms with Gasteiger partial charge in [-0.3, -0.25) is 19.2 Å². The molecule has 8 nitrogen and oxygen atoms in total. The zero-order valence-corrected chi connectivity index (χ0v) is 18.2. The second-order valence-corrected chi connectivity index (χ2v) is 7.40. The van der Waals surface area contributed by atoms with Crippen molar-refractivity contribution in [2.75, 3.05) is 13.7 Å². The Kier molecular flexibility index (Phi) is 5.87. The summed E-state index contributed by atoms with van der Waals surface area (Å²) >= 11 is 6.41. The molecule has 9 heteroatoms. The minimum absolute atomic E-state index is 0.0854. The van der Waals surface area contributed by atoms with Crippen LogP contribution in [0.4, 0.5) is 5.69 Å². The van der Waals surface area contributed by atoms with Crippen molar-refractivity contribution in [3.05, 3.63) is 91.8 Å². The van der Waals surface area contributed by atoms with Crippen LogP contribution < -0.4 is 15.2 Å². The molecule has 4 rings (SSSR count). The van der Waals surface area contributed by atoms with E-state index in [1.807, 2.05) is 19.1 Å². The standard InChI is InChI=1S/C23H20ClN3O5/c1-3-32-17-10-11-20-21(13-17)26(19-7-5-4-6-18(19)24)23(28)25(20)14-15-8-9-16(27(29)30)12-22(15)31-2/h4-13H,3,14H2,1-2H3. The lowest BCUT2D eigenvalue weighted by molar-refractivity contribution is -0.384. The highest BCUT2D eigenvalue weighted by atomic mass is 35.5. The first kappa shape index (κ1) is 21.5. The van der Waals surface area contributed by atoms with Gasteiger partial charge in [0.1, 0.15) is 11.5 Å². The molecule has 0 aliphatic rings. The van der Waals surface area contributed by atoms with Crippen molar-refractivity contribution in [1.82, 2.24) is 9.13 Å². The molecule has 1 aromatic heterocycles. The first-order valence-electron chi connectivity index (χ1n) is 9.89. The lowest BCUT2D eigenvalue weighted by Crippen LogP contribution is -2.24. The molecule has 4 aromatic rings. The molecule has 0 unspecified atom stereocenters.